The Hall–Kier alpha value is -3.67. The molecule has 0 radical (unpaired) electrons. The maximum Gasteiger partial charge on any atom is 0.255 e. The number of ether oxygens (including phenoxy) is 1. The van der Waals surface area contributed by atoms with Gasteiger partial charge < -0.3 is 15.4 Å². The summed E-state index contributed by atoms with van der Waals surface area (Å²) in [7, 11) is 0. The van der Waals surface area contributed by atoms with Crippen LogP contribution in [0.1, 0.15) is 52.0 Å². The van der Waals surface area contributed by atoms with Crippen molar-refractivity contribution in [2.24, 2.45) is 0 Å². The van der Waals surface area contributed by atoms with Crippen molar-refractivity contribution in [2.45, 2.75) is 38.3 Å². The number of rotatable bonds is 7. The molecule has 1 aliphatic rings. The fourth-order valence-electron chi connectivity index (χ4n) is 3.63. The minimum atomic E-state index is -0.195. The van der Waals surface area contributed by atoms with Crippen molar-refractivity contribution in [3.8, 4) is 5.75 Å². The van der Waals surface area contributed by atoms with Crippen molar-refractivity contribution in [1.29, 1.82) is 0 Å². The third-order valence-corrected chi connectivity index (χ3v) is 5.33. The molecule has 2 aromatic carbocycles. The highest BCUT2D eigenvalue weighted by molar-refractivity contribution is 6.04. The molecule has 0 unspecified atom stereocenters. The van der Waals surface area contributed by atoms with E-state index in [4.69, 9.17) is 4.74 Å². The normalized spacial score (nSPS) is 13.5. The van der Waals surface area contributed by atoms with E-state index >= 15 is 0 Å². The van der Waals surface area contributed by atoms with Gasteiger partial charge in [0.1, 0.15) is 5.75 Å². The van der Waals surface area contributed by atoms with Gasteiger partial charge in [-0.3, -0.25) is 14.6 Å². The van der Waals surface area contributed by atoms with E-state index in [1.807, 2.05) is 30.3 Å². The molecule has 1 aromatic heterocycles. The number of anilines is 1. The van der Waals surface area contributed by atoms with Gasteiger partial charge in [0.25, 0.3) is 11.8 Å². The van der Waals surface area contributed by atoms with E-state index in [1.165, 1.54) is 12.8 Å². The molecular formula is C25H25N3O3. The second kappa shape index (κ2) is 9.89. The summed E-state index contributed by atoms with van der Waals surface area (Å²) in [5.74, 6) is 0.267. The van der Waals surface area contributed by atoms with Crippen LogP contribution in [0.2, 0.25) is 0 Å². The Labute approximate surface area is 181 Å². The topological polar surface area (TPSA) is 80.3 Å². The van der Waals surface area contributed by atoms with E-state index in [-0.39, 0.29) is 17.9 Å². The molecule has 1 aliphatic carbocycles. The van der Waals surface area contributed by atoms with E-state index in [9.17, 15) is 9.59 Å². The molecule has 0 bridgehead atoms. The van der Waals surface area contributed by atoms with Gasteiger partial charge in [-0.1, -0.05) is 24.3 Å². The van der Waals surface area contributed by atoms with Gasteiger partial charge in [-0.25, -0.2) is 0 Å². The average Bonchev–Trinajstić information content (AvgIpc) is 3.32. The Morgan fingerprint density at radius 3 is 2.35 bits per heavy atom. The number of pyridine rings is 1. The number of nitrogens with zero attached hydrogens (tertiary/aromatic N) is 1. The van der Waals surface area contributed by atoms with E-state index in [1.54, 1.807) is 42.7 Å². The van der Waals surface area contributed by atoms with E-state index < -0.39 is 0 Å². The molecule has 1 fully saturated rings. The van der Waals surface area contributed by atoms with Gasteiger partial charge in [0.15, 0.2) is 0 Å². The fourth-order valence-corrected chi connectivity index (χ4v) is 3.63. The zero-order chi connectivity index (χ0) is 21.5. The van der Waals surface area contributed by atoms with Crippen molar-refractivity contribution in [3.63, 3.8) is 0 Å². The van der Waals surface area contributed by atoms with Gasteiger partial charge in [-0.2, -0.15) is 0 Å². The van der Waals surface area contributed by atoms with Gasteiger partial charge in [0.2, 0.25) is 0 Å². The molecule has 2 amide bonds. The molecule has 0 atom stereocenters. The van der Waals surface area contributed by atoms with Crippen LogP contribution >= 0.6 is 0 Å². The monoisotopic (exact) mass is 415 g/mol. The summed E-state index contributed by atoms with van der Waals surface area (Å²) < 4.78 is 6.06. The molecule has 6 heteroatoms. The van der Waals surface area contributed by atoms with Gasteiger partial charge in [-0.05, 0) is 67.6 Å². The summed E-state index contributed by atoms with van der Waals surface area (Å²) in [4.78, 5) is 29.0. The maximum atomic E-state index is 12.7. The minimum absolute atomic E-state index is 0.173. The lowest BCUT2D eigenvalue weighted by Crippen LogP contribution is -2.24. The second-order valence-electron chi connectivity index (χ2n) is 7.59. The zero-order valence-electron chi connectivity index (χ0n) is 17.2. The lowest BCUT2D eigenvalue weighted by molar-refractivity contribution is 0.0942. The SMILES string of the molecule is O=C(Nc1ccncc1)c1ccc(CNC(=O)c2ccccc2OC2CCCC2)cc1. The standard InChI is InChI=1S/C25H25N3O3/c29-24(28-20-13-15-26-16-14-20)19-11-9-18(10-12-19)17-27-25(30)22-7-3-4-8-23(22)31-21-5-1-2-6-21/h3-4,7-16,21H,1-2,5-6,17H2,(H,27,30)(H,26,28,29). The molecule has 31 heavy (non-hydrogen) atoms. The highest BCUT2D eigenvalue weighted by Crippen LogP contribution is 2.26. The van der Waals surface area contributed by atoms with Crippen LogP contribution in [0.25, 0.3) is 0 Å². The quantitative estimate of drug-likeness (QED) is 0.592. The van der Waals surface area contributed by atoms with Crippen LogP contribution in [0, 0.1) is 0 Å². The van der Waals surface area contributed by atoms with Crippen LogP contribution in [-0.4, -0.2) is 22.9 Å². The number of para-hydroxylation sites is 1. The minimum Gasteiger partial charge on any atom is -0.490 e. The maximum absolute atomic E-state index is 12.7. The number of carbonyl (C=O) groups excluding carboxylic acids is 2. The molecule has 2 N–H and O–H groups in total. The highest BCUT2D eigenvalue weighted by atomic mass is 16.5. The Morgan fingerprint density at radius 1 is 0.903 bits per heavy atom. The first-order valence-electron chi connectivity index (χ1n) is 10.5. The van der Waals surface area contributed by atoms with E-state index in [2.05, 4.69) is 15.6 Å². The molecule has 0 saturated heterocycles. The van der Waals surface area contributed by atoms with Gasteiger partial charge >= 0.3 is 0 Å². The molecular weight excluding hydrogens is 390 g/mol. The van der Waals surface area contributed by atoms with E-state index in [0.717, 1.165) is 18.4 Å². The molecule has 0 spiro atoms. The molecule has 4 rings (SSSR count). The van der Waals surface area contributed by atoms with E-state index in [0.29, 0.717) is 29.1 Å². The highest BCUT2D eigenvalue weighted by Gasteiger charge is 2.19. The first kappa shape index (κ1) is 20.6. The third-order valence-electron chi connectivity index (χ3n) is 5.33. The predicted octanol–water partition coefficient (Wildman–Crippen LogP) is 4.59. The summed E-state index contributed by atoms with van der Waals surface area (Å²) in [6.07, 6.45) is 7.87. The Balaban J connectivity index is 1.34. The predicted molar refractivity (Wildman–Crippen MR) is 119 cm³/mol. The largest absolute Gasteiger partial charge is 0.490 e. The van der Waals surface area contributed by atoms with Crippen molar-refractivity contribution in [3.05, 3.63) is 89.7 Å². The van der Waals surface area contributed by atoms with Crippen molar-refractivity contribution in [2.75, 3.05) is 5.32 Å². The lowest BCUT2D eigenvalue weighted by atomic mass is 10.1. The first-order chi connectivity index (χ1) is 15.2. The third kappa shape index (κ3) is 5.48. The first-order valence-corrected chi connectivity index (χ1v) is 10.5. The number of hydrogen-bond donors (Lipinski definition) is 2. The smallest absolute Gasteiger partial charge is 0.255 e. The summed E-state index contributed by atoms with van der Waals surface area (Å²) in [6, 6.07) is 18.0. The van der Waals surface area contributed by atoms with Crippen LogP contribution in [0.5, 0.6) is 5.75 Å². The summed E-state index contributed by atoms with van der Waals surface area (Å²) in [5.41, 5.74) is 2.68. The van der Waals surface area contributed by atoms with Crippen LogP contribution in [0.3, 0.4) is 0 Å². The lowest BCUT2D eigenvalue weighted by Gasteiger charge is -2.16. The molecule has 1 heterocycles. The average molecular weight is 415 g/mol. The molecule has 158 valence electrons. The number of benzene rings is 2. The number of hydrogen-bond acceptors (Lipinski definition) is 4. The van der Waals surface area contributed by atoms with Crippen molar-refractivity contribution >= 4 is 17.5 Å². The number of carbonyl (C=O) groups is 2. The van der Waals surface area contributed by atoms with Gasteiger partial charge in [0.05, 0.1) is 11.7 Å². The van der Waals surface area contributed by atoms with Crippen LogP contribution < -0.4 is 15.4 Å². The van der Waals surface area contributed by atoms with Crippen LogP contribution in [-0.2, 0) is 6.54 Å². The second-order valence-corrected chi connectivity index (χ2v) is 7.59. The van der Waals surface area contributed by atoms with Gasteiger partial charge in [-0.15, -0.1) is 0 Å². The Kier molecular flexibility index (Phi) is 6.57. The number of nitrogens with one attached hydrogen (secondary N) is 2. The van der Waals surface area contributed by atoms with Crippen molar-refractivity contribution < 1.29 is 14.3 Å². The number of aromatic nitrogens is 1. The molecule has 0 aliphatic heterocycles. The summed E-state index contributed by atoms with van der Waals surface area (Å²) in [5, 5.41) is 5.77. The summed E-state index contributed by atoms with van der Waals surface area (Å²) in [6.45, 7) is 0.364. The molecule has 6 nitrogen and oxygen atoms in total. The van der Waals surface area contributed by atoms with Crippen LogP contribution in [0.15, 0.2) is 73.1 Å². The Bertz CT molecular complexity index is 1030. The summed E-state index contributed by atoms with van der Waals surface area (Å²) >= 11 is 0. The van der Waals surface area contributed by atoms with Crippen molar-refractivity contribution in [1.82, 2.24) is 10.3 Å². The fraction of sp³-hybridized carbons (Fsp3) is 0.240. The van der Waals surface area contributed by atoms with Crippen LogP contribution in [0.4, 0.5) is 5.69 Å². The number of amides is 2. The molecule has 1 saturated carbocycles. The zero-order valence-corrected chi connectivity index (χ0v) is 17.2. The van der Waals surface area contributed by atoms with Gasteiger partial charge in [0, 0.05) is 30.2 Å². The Morgan fingerprint density at radius 2 is 1.61 bits per heavy atom. The molecule has 3 aromatic rings.